The molecule has 1 unspecified atom stereocenters. The van der Waals surface area contributed by atoms with Crippen LogP contribution in [0.1, 0.15) is 44.1 Å². The number of allylic oxidation sites excluding steroid dienone is 2. The Balaban J connectivity index is 2.08. The van der Waals surface area contributed by atoms with Crippen molar-refractivity contribution < 1.29 is 9.84 Å². The first kappa shape index (κ1) is 12.0. The molecule has 17 heavy (non-hydrogen) atoms. The second-order valence-corrected chi connectivity index (χ2v) is 4.57. The number of ether oxygens (including phenoxy) is 1. The molecule has 0 aromatic heterocycles. The summed E-state index contributed by atoms with van der Waals surface area (Å²) < 4.78 is 5.64. The highest BCUT2D eigenvalue weighted by Gasteiger charge is 2.13. The average Bonchev–Trinajstić information content (AvgIpc) is 2.82. The van der Waals surface area contributed by atoms with Crippen LogP contribution in [0.15, 0.2) is 30.4 Å². The number of rotatable bonds is 5. The van der Waals surface area contributed by atoms with Crippen LogP contribution in [-0.4, -0.2) is 11.7 Å². The molecule has 0 spiro atoms. The highest BCUT2D eigenvalue weighted by molar-refractivity contribution is 5.41. The maximum absolute atomic E-state index is 9.71. The van der Waals surface area contributed by atoms with Gasteiger partial charge in [0.05, 0.1) is 6.61 Å². The molecule has 0 aliphatic heterocycles. The van der Waals surface area contributed by atoms with E-state index in [0.717, 1.165) is 43.6 Å². The van der Waals surface area contributed by atoms with Crippen LogP contribution in [0, 0.1) is 0 Å². The smallest absolute Gasteiger partial charge is 0.123 e. The van der Waals surface area contributed by atoms with E-state index in [-0.39, 0.29) is 0 Å². The van der Waals surface area contributed by atoms with Gasteiger partial charge in [0.1, 0.15) is 11.5 Å². The van der Waals surface area contributed by atoms with E-state index in [1.54, 1.807) is 6.07 Å². The van der Waals surface area contributed by atoms with Crippen molar-refractivity contribution in [3.05, 3.63) is 35.9 Å². The van der Waals surface area contributed by atoms with Crippen molar-refractivity contribution in [2.75, 3.05) is 6.61 Å². The van der Waals surface area contributed by atoms with Gasteiger partial charge in [-0.15, -0.1) is 0 Å². The fraction of sp³-hybridized carbons (Fsp3) is 0.467. The molecular formula is C15H20O2. The lowest BCUT2D eigenvalue weighted by Gasteiger charge is -2.12. The van der Waals surface area contributed by atoms with Gasteiger partial charge in [0.2, 0.25) is 0 Å². The fourth-order valence-electron chi connectivity index (χ4n) is 2.15. The molecule has 2 nitrogen and oxygen atoms in total. The molecule has 0 fully saturated rings. The van der Waals surface area contributed by atoms with Crippen LogP contribution >= 0.6 is 0 Å². The number of aromatic hydroxyl groups is 1. The van der Waals surface area contributed by atoms with Gasteiger partial charge in [-0.3, -0.25) is 0 Å². The van der Waals surface area contributed by atoms with Crippen LogP contribution in [0.25, 0.3) is 0 Å². The first-order chi connectivity index (χ1) is 8.29. The van der Waals surface area contributed by atoms with Gasteiger partial charge >= 0.3 is 0 Å². The molecule has 1 aromatic carbocycles. The Kier molecular flexibility index (Phi) is 4.08. The van der Waals surface area contributed by atoms with E-state index in [9.17, 15) is 5.11 Å². The third-order valence-corrected chi connectivity index (χ3v) is 3.12. The topological polar surface area (TPSA) is 29.5 Å². The maximum atomic E-state index is 9.71. The number of benzene rings is 1. The molecule has 0 radical (unpaired) electrons. The molecule has 1 aliphatic rings. The van der Waals surface area contributed by atoms with Gasteiger partial charge in [0.15, 0.2) is 0 Å². The van der Waals surface area contributed by atoms with E-state index in [2.05, 4.69) is 25.1 Å². The minimum atomic E-state index is 0.300. The van der Waals surface area contributed by atoms with Crippen LogP contribution in [0.2, 0.25) is 0 Å². The molecule has 92 valence electrons. The minimum absolute atomic E-state index is 0.300. The third kappa shape index (κ3) is 3.26. The summed E-state index contributed by atoms with van der Waals surface area (Å²) in [4.78, 5) is 0. The first-order valence-electron chi connectivity index (χ1n) is 6.43. The van der Waals surface area contributed by atoms with Crippen molar-refractivity contribution in [2.24, 2.45) is 0 Å². The lowest BCUT2D eigenvalue weighted by molar-refractivity contribution is 0.307. The van der Waals surface area contributed by atoms with Crippen LogP contribution in [-0.2, 0) is 0 Å². The molecule has 0 saturated carbocycles. The first-order valence-corrected chi connectivity index (χ1v) is 6.43. The highest BCUT2D eigenvalue weighted by Crippen LogP contribution is 2.33. The zero-order valence-electron chi connectivity index (χ0n) is 10.4. The maximum Gasteiger partial charge on any atom is 0.123 e. The van der Waals surface area contributed by atoms with Crippen LogP contribution in [0.3, 0.4) is 0 Å². The minimum Gasteiger partial charge on any atom is -0.508 e. The van der Waals surface area contributed by atoms with E-state index in [1.165, 1.54) is 0 Å². The number of unbranched alkanes of at least 4 members (excludes halogenated alkanes) is 1. The number of hydrogen-bond acceptors (Lipinski definition) is 2. The molecule has 1 aromatic rings. The SMILES string of the molecule is CCCCOc1cc(O)cc(C2C=CCC2)c1. The molecule has 1 aliphatic carbocycles. The van der Waals surface area contributed by atoms with Gasteiger partial charge in [0, 0.05) is 12.0 Å². The monoisotopic (exact) mass is 232 g/mol. The summed E-state index contributed by atoms with van der Waals surface area (Å²) in [5.41, 5.74) is 1.16. The standard InChI is InChI=1S/C15H20O2/c1-2-3-8-17-15-10-13(9-14(16)11-15)12-6-4-5-7-12/h4,6,9-12,16H,2-3,5,7-8H2,1H3. The molecule has 0 saturated heterocycles. The van der Waals surface area contributed by atoms with Gasteiger partial charge < -0.3 is 9.84 Å². The van der Waals surface area contributed by atoms with E-state index in [4.69, 9.17) is 4.74 Å². The van der Waals surface area contributed by atoms with E-state index >= 15 is 0 Å². The summed E-state index contributed by atoms with van der Waals surface area (Å²) in [6.07, 6.45) is 8.85. The van der Waals surface area contributed by atoms with Gasteiger partial charge in [-0.1, -0.05) is 25.5 Å². The Morgan fingerprint density at radius 1 is 1.35 bits per heavy atom. The van der Waals surface area contributed by atoms with E-state index < -0.39 is 0 Å². The Hall–Kier alpha value is -1.44. The zero-order valence-corrected chi connectivity index (χ0v) is 10.4. The summed E-state index contributed by atoms with van der Waals surface area (Å²) in [5.74, 6) is 1.53. The number of phenolic OH excluding ortho intramolecular Hbond substituents is 1. The van der Waals surface area contributed by atoms with Crippen molar-refractivity contribution in [2.45, 2.75) is 38.5 Å². The summed E-state index contributed by atoms with van der Waals surface area (Å²) >= 11 is 0. The molecule has 0 bridgehead atoms. The molecule has 0 heterocycles. The van der Waals surface area contributed by atoms with Gasteiger partial charge in [0.25, 0.3) is 0 Å². The molecule has 2 rings (SSSR count). The van der Waals surface area contributed by atoms with Gasteiger partial charge in [-0.25, -0.2) is 0 Å². The Morgan fingerprint density at radius 2 is 2.24 bits per heavy atom. The van der Waals surface area contributed by atoms with Crippen molar-refractivity contribution in [1.29, 1.82) is 0 Å². The fourth-order valence-corrected chi connectivity index (χ4v) is 2.15. The summed E-state index contributed by atoms with van der Waals surface area (Å²) in [6, 6.07) is 5.58. The Morgan fingerprint density at radius 3 is 2.94 bits per heavy atom. The second kappa shape index (κ2) is 5.76. The highest BCUT2D eigenvalue weighted by atomic mass is 16.5. The normalized spacial score (nSPS) is 18.5. The molecular weight excluding hydrogens is 212 g/mol. The second-order valence-electron chi connectivity index (χ2n) is 4.57. The lowest BCUT2D eigenvalue weighted by Crippen LogP contribution is -1.98. The van der Waals surface area contributed by atoms with Crippen LogP contribution < -0.4 is 4.74 Å². The predicted octanol–water partition coefficient (Wildman–Crippen LogP) is 4.00. The lowest BCUT2D eigenvalue weighted by atomic mass is 9.98. The van der Waals surface area contributed by atoms with Crippen LogP contribution in [0.5, 0.6) is 11.5 Å². The Labute approximate surface area is 103 Å². The van der Waals surface area contributed by atoms with Crippen molar-refractivity contribution in [3.8, 4) is 11.5 Å². The number of phenols is 1. The third-order valence-electron chi connectivity index (χ3n) is 3.12. The molecule has 1 N–H and O–H groups in total. The van der Waals surface area contributed by atoms with Crippen molar-refractivity contribution >= 4 is 0 Å². The summed E-state index contributed by atoms with van der Waals surface area (Å²) in [5, 5.41) is 9.71. The number of hydrogen-bond donors (Lipinski definition) is 1. The molecule has 0 amide bonds. The van der Waals surface area contributed by atoms with Crippen LogP contribution in [0.4, 0.5) is 0 Å². The molecule has 2 heteroatoms. The van der Waals surface area contributed by atoms with Crippen molar-refractivity contribution in [1.82, 2.24) is 0 Å². The summed E-state index contributed by atoms with van der Waals surface area (Å²) in [6.45, 7) is 2.86. The molecule has 1 atom stereocenters. The van der Waals surface area contributed by atoms with Crippen molar-refractivity contribution in [3.63, 3.8) is 0 Å². The summed E-state index contributed by atoms with van der Waals surface area (Å²) in [7, 11) is 0. The zero-order chi connectivity index (χ0) is 12.1. The van der Waals surface area contributed by atoms with E-state index in [0.29, 0.717) is 11.7 Å². The van der Waals surface area contributed by atoms with E-state index in [1.807, 2.05) is 6.07 Å². The van der Waals surface area contributed by atoms with Gasteiger partial charge in [-0.2, -0.15) is 0 Å². The average molecular weight is 232 g/mol. The quantitative estimate of drug-likeness (QED) is 0.614. The predicted molar refractivity (Wildman–Crippen MR) is 69.6 cm³/mol. The Bertz CT molecular complexity index is 396. The van der Waals surface area contributed by atoms with Gasteiger partial charge in [-0.05, 0) is 37.0 Å². The largest absolute Gasteiger partial charge is 0.508 e.